The molecule has 13 heteroatoms. The number of aromatic carboxylic acids is 2. The average Bonchev–Trinajstić information content (AvgIpc) is 2.53. The highest BCUT2D eigenvalue weighted by molar-refractivity contribution is 6.33. The number of carboxylic acid groups (broad SMARTS) is 2. The van der Waals surface area contributed by atoms with Crippen molar-refractivity contribution in [3.05, 3.63) is 58.1 Å². The van der Waals surface area contributed by atoms with E-state index >= 15 is 0 Å². The quantitative estimate of drug-likeness (QED) is 0.710. The zero-order valence-corrected chi connectivity index (χ0v) is 13.4. The van der Waals surface area contributed by atoms with Crippen molar-refractivity contribution in [2.24, 2.45) is 0 Å². The lowest BCUT2D eigenvalue weighted by Gasteiger charge is -2.06. The normalized spacial score (nSPS) is 11.4. The van der Waals surface area contributed by atoms with Gasteiger partial charge in [-0.2, -0.15) is 26.3 Å². The second-order valence-electron chi connectivity index (χ2n) is 4.59. The number of halogens is 7. The molecule has 0 bridgehead atoms. The highest BCUT2D eigenvalue weighted by atomic mass is 35.5. The van der Waals surface area contributed by atoms with Gasteiger partial charge < -0.3 is 10.2 Å². The Morgan fingerprint density at radius 3 is 1.70 bits per heavy atom. The van der Waals surface area contributed by atoms with Gasteiger partial charge in [0, 0.05) is 12.4 Å². The highest BCUT2D eigenvalue weighted by Gasteiger charge is 2.33. The third-order valence-corrected chi connectivity index (χ3v) is 2.99. The Hall–Kier alpha value is -2.89. The number of alkyl halides is 6. The standard InChI is InChI=1S/C7H3ClF3NO2.C7H4F3NO2/c8-4-1-5(7(9,10)11)12-2-3(4)6(13)14;8-7(9,10)5-2-1-4(3-11-5)6(12)13/h1-2H,(H,13,14);1-3H,(H,12,13). The SMILES string of the molecule is O=C(O)c1ccc(C(F)(F)F)nc1.O=C(O)c1cnc(C(F)(F)F)cc1Cl. The predicted octanol–water partition coefficient (Wildman–Crippen LogP) is 4.25. The number of aromatic nitrogens is 2. The van der Waals surface area contributed by atoms with Crippen LogP contribution in [0.1, 0.15) is 32.1 Å². The molecule has 0 aromatic carbocycles. The van der Waals surface area contributed by atoms with E-state index < -0.39 is 46.3 Å². The molecule has 0 saturated heterocycles. The summed E-state index contributed by atoms with van der Waals surface area (Å²) < 4.78 is 71.8. The Balaban J connectivity index is 0.000000271. The molecule has 0 fully saturated rings. The highest BCUT2D eigenvalue weighted by Crippen LogP contribution is 2.30. The second-order valence-corrected chi connectivity index (χ2v) is 4.99. The van der Waals surface area contributed by atoms with Gasteiger partial charge in [-0.25, -0.2) is 9.59 Å². The van der Waals surface area contributed by atoms with Crippen LogP contribution in [0.15, 0.2) is 30.6 Å². The fourth-order valence-electron chi connectivity index (χ4n) is 1.43. The van der Waals surface area contributed by atoms with Crippen LogP contribution >= 0.6 is 11.6 Å². The Morgan fingerprint density at radius 1 is 0.852 bits per heavy atom. The van der Waals surface area contributed by atoms with E-state index in [1.54, 1.807) is 0 Å². The first-order valence-electron chi connectivity index (χ1n) is 6.46. The van der Waals surface area contributed by atoms with Gasteiger partial charge in [-0.05, 0) is 18.2 Å². The van der Waals surface area contributed by atoms with Crippen LogP contribution in [0, 0.1) is 0 Å². The number of hydrogen-bond acceptors (Lipinski definition) is 4. The zero-order chi connectivity index (χ0) is 21.0. The summed E-state index contributed by atoms with van der Waals surface area (Å²) in [4.78, 5) is 26.5. The van der Waals surface area contributed by atoms with Gasteiger partial charge in [-0.15, -0.1) is 0 Å². The van der Waals surface area contributed by atoms with Crippen LogP contribution in [0.3, 0.4) is 0 Å². The van der Waals surface area contributed by atoms with Crippen molar-refractivity contribution in [3.63, 3.8) is 0 Å². The van der Waals surface area contributed by atoms with Crippen molar-refractivity contribution in [1.82, 2.24) is 9.97 Å². The maximum Gasteiger partial charge on any atom is 0.433 e. The predicted molar refractivity (Wildman–Crippen MR) is 77.4 cm³/mol. The van der Waals surface area contributed by atoms with Crippen molar-refractivity contribution < 1.29 is 46.1 Å². The Labute approximate surface area is 151 Å². The summed E-state index contributed by atoms with van der Waals surface area (Å²) in [5, 5.41) is 16.3. The van der Waals surface area contributed by atoms with Gasteiger partial charge in [0.2, 0.25) is 0 Å². The molecule has 2 rings (SSSR count). The van der Waals surface area contributed by atoms with Crippen LogP contribution in [0.2, 0.25) is 5.02 Å². The fourth-order valence-corrected chi connectivity index (χ4v) is 1.66. The van der Waals surface area contributed by atoms with Gasteiger partial charge in [-0.3, -0.25) is 9.97 Å². The minimum absolute atomic E-state index is 0.270. The number of pyridine rings is 2. The van der Waals surface area contributed by atoms with Crippen molar-refractivity contribution in [3.8, 4) is 0 Å². The summed E-state index contributed by atoms with van der Waals surface area (Å²) in [5.41, 5.74) is -3.04. The van der Waals surface area contributed by atoms with E-state index in [1.165, 1.54) is 0 Å². The summed E-state index contributed by atoms with van der Waals surface area (Å²) in [6, 6.07) is 1.96. The van der Waals surface area contributed by atoms with Gasteiger partial charge in [-0.1, -0.05) is 11.6 Å². The lowest BCUT2D eigenvalue weighted by atomic mass is 10.2. The van der Waals surface area contributed by atoms with Gasteiger partial charge in [0.15, 0.2) is 0 Å². The van der Waals surface area contributed by atoms with Gasteiger partial charge >= 0.3 is 24.3 Å². The molecular formula is C14H7ClF6N2O4. The monoisotopic (exact) mass is 416 g/mol. The molecule has 0 spiro atoms. The fraction of sp³-hybridized carbons (Fsp3) is 0.143. The van der Waals surface area contributed by atoms with Gasteiger partial charge in [0.1, 0.15) is 11.4 Å². The van der Waals surface area contributed by atoms with Crippen LogP contribution in [0.4, 0.5) is 26.3 Å². The molecule has 6 nitrogen and oxygen atoms in total. The van der Waals surface area contributed by atoms with Gasteiger partial charge in [0.25, 0.3) is 0 Å². The average molecular weight is 417 g/mol. The molecular weight excluding hydrogens is 410 g/mol. The van der Waals surface area contributed by atoms with E-state index in [2.05, 4.69) is 9.97 Å². The number of hydrogen-bond donors (Lipinski definition) is 2. The largest absolute Gasteiger partial charge is 0.478 e. The van der Waals surface area contributed by atoms with Crippen molar-refractivity contribution in [2.45, 2.75) is 12.4 Å². The molecule has 0 aliphatic carbocycles. The molecule has 0 radical (unpaired) electrons. The van der Waals surface area contributed by atoms with Gasteiger partial charge in [0.05, 0.1) is 16.1 Å². The first-order valence-corrected chi connectivity index (χ1v) is 6.84. The van der Waals surface area contributed by atoms with Crippen LogP contribution in [-0.2, 0) is 12.4 Å². The number of nitrogens with zero attached hydrogens (tertiary/aromatic N) is 2. The van der Waals surface area contributed by atoms with E-state index in [1.807, 2.05) is 0 Å². The molecule has 27 heavy (non-hydrogen) atoms. The summed E-state index contributed by atoms with van der Waals surface area (Å²) in [7, 11) is 0. The molecule has 2 N–H and O–H groups in total. The lowest BCUT2D eigenvalue weighted by molar-refractivity contribution is -0.142. The molecule has 146 valence electrons. The summed E-state index contributed by atoms with van der Waals surface area (Å²) in [5.74, 6) is -2.72. The molecule has 0 aliphatic heterocycles. The molecule has 2 aromatic heterocycles. The smallest absolute Gasteiger partial charge is 0.433 e. The van der Waals surface area contributed by atoms with Crippen LogP contribution in [0.25, 0.3) is 0 Å². The minimum Gasteiger partial charge on any atom is -0.478 e. The number of carboxylic acids is 2. The molecule has 0 aliphatic rings. The van der Waals surface area contributed by atoms with E-state index in [0.717, 1.165) is 6.07 Å². The molecule has 2 heterocycles. The Bertz CT molecular complexity index is 837. The molecule has 2 aromatic rings. The molecule has 0 atom stereocenters. The van der Waals surface area contributed by atoms with E-state index in [4.69, 9.17) is 21.8 Å². The first-order chi connectivity index (χ1) is 12.2. The van der Waals surface area contributed by atoms with Crippen LogP contribution in [0.5, 0.6) is 0 Å². The van der Waals surface area contributed by atoms with Crippen molar-refractivity contribution in [2.75, 3.05) is 0 Å². The van der Waals surface area contributed by atoms with E-state index in [-0.39, 0.29) is 5.56 Å². The zero-order valence-electron chi connectivity index (χ0n) is 12.6. The Morgan fingerprint density at radius 2 is 1.37 bits per heavy atom. The number of carbonyl (C=O) groups is 2. The minimum atomic E-state index is -4.62. The molecule has 0 saturated carbocycles. The number of rotatable bonds is 2. The summed E-state index contributed by atoms with van der Waals surface area (Å²) in [6.07, 6.45) is -7.91. The van der Waals surface area contributed by atoms with Crippen LogP contribution < -0.4 is 0 Å². The molecule has 0 unspecified atom stereocenters. The Kier molecular flexibility index (Phi) is 6.73. The third kappa shape index (κ3) is 6.40. The molecule has 0 amide bonds. The van der Waals surface area contributed by atoms with E-state index in [0.29, 0.717) is 24.5 Å². The maximum atomic E-state index is 12.0. The summed E-state index contributed by atoms with van der Waals surface area (Å²) in [6.45, 7) is 0. The van der Waals surface area contributed by atoms with Crippen LogP contribution in [-0.4, -0.2) is 32.1 Å². The maximum absolute atomic E-state index is 12.0. The second kappa shape index (κ2) is 8.20. The topological polar surface area (TPSA) is 100 Å². The van der Waals surface area contributed by atoms with E-state index in [9.17, 15) is 35.9 Å². The lowest BCUT2D eigenvalue weighted by Crippen LogP contribution is -2.09. The van der Waals surface area contributed by atoms with Crippen molar-refractivity contribution in [1.29, 1.82) is 0 Å². The third-order valence-electron chi connectivity index (χ3n) is 2.68. The first kappa shape index (κ1) is 22.2. The summed E-state index contributed by atoms with van der Waals surface area (Å²) >= 11 is 5.31. The van der Waals surface area contributed by atoms with Crippen molar-refractivity contribution >= 4 is 23.5 Å².